The van der Waals surface area contributed by atoms with Crippen LogP contribution in [0.4, 0.5) is 10.5 Å². The number of carbonyl (C=O) groups excluding carboxylic acids is 1. The molecule has 27 heavy (non-hydrogen) atoms. The fourth-order valence-electron chi connectivity index (χ4n) is 4.32. The molecule has 2 aliphatic rings. The summed E-state index contributed by atoms with van der Waals surface area (Å²) in [6, 6.07) is 7.51. The van der Waals surface area contributed by atoms with Gasteiger partial charge in [0.15, 0.2) is 0 Å². The number of amides is 1. The van der Waals surface area contributed by atoms with E-state index < -0.39 is 0 Å². The van der Waals surface area contributed by atoms with Gasteiger partial charge in [-0.1, -0.05) is 31.4 Å². The number of nitrogens with zero attached hydrogens (tertiary/aromatic N) is 1. The molecule has 1 aliphatic carbocycles. The highest BCUT2D eigenvalue weighted by molar-refractivity contribution is 5.86. The average Bonchev–Trinajstić information content (AvgIpc) is 2.90. The Morgan fingerprint density at radius 3 is 2.63 bits per heavy atom. The van der Waals surface area contributed by atoms with Crippen molar-refractivity contribution >= 4 is 11.8 Å². The lowest BCUT2D eigenvalue weighted by atomic mass is 9.95. The van der Waals surface area contributed by atoms with Gasteiger partial charge in [-0.15, -0.1) is 0 Å². The highest BCUT2D eigenvalue weighted by Crippen LogP contribution is 2.29. The van der Waals surface area contributed by atoms with Crippen molar-refractivity contribution in [3.63, 3.8) is 0 Å². The summed E-state index contributed by atoms with van der Waals surface area (Å²) < 4.78 is 11.5. The number of hydrogen-bond acceptors (Lipinski definition) is 4. The minimum Gasteiger partial charge on any atom is -0.492 e. The molecule has 5 heteroatoms. The predicted octanol–water partition coefficient (Wildman–Crippen LogP) is 5.07. The zero-order valence-corrected chi connectivity index (χ0v) is 16.6. The highest BCUT2D eigenvalue weighted by atomic mass is 16.6. The molecule has 0 aromatic heterocycles. The van der Waals surface area contributed by atoms with Gasteiger partial charge < -0.3 is 14.4 Å². The summed E-state index contributed by atoms with van der Waals surface area (Å²) in [4.78, 5) is 15.2. The molecule has 3 rings (SSSR count). The lowest BCUT2D eigenvalue weighted by Gasteiger charge is -2.33. The van der Waals surface area contributed by atoms with Crippen molar-refractivity contribution in [3.8, 4) is 5.75 Å². The molecule has 0 radical (unpaired) electrons. The third-order valence-electron chi connectivity index (χ3n) is 5.71. The number of benzene rings is 1. The molecule has 150 valence electrons. The van der Waals surface area contributed by atoms with Crippen LogP contribution in [0.3, 0.4) is 0 Å². The standard InChI is InChI=1S/C22H34N2O3/c1-2-26-21-14-8-7-12-19(21)23-22(25)27-20-13-6-3-5-11-18(20)17-24-15-9-4-10-16-24/h7-8,12,14,18,20H,2-6,9-11,13,15-17H2,1H3,(H,23,25). The molecule has 1 saturated heterocycles. The number of nitrogens with one attached hydrogen (secondary N) is 1. The van der Waals surface area contributed by atoms with Gasteiger partial charge in [-0.25, -0.2) is 4.79 Å². The number of carbonyl (C=O) groups is 1. The Morgan fingerprint density at radius 2 is 1.81 bits per heavy atom. The van der Waals surface area contributed by atoms with E-state index in [1.165, 1.54) is 45.2 Å². The van der Waals surface area contributed by atoms with Gasteiger partial charge in [-0.2, -0.15) is 0 Å². The van der Waals surface area contributed by atoms with Gasteiger partial charge >= 0.3 is 6.09 Å². The molecule has 2 unspecified atom stereocenters. The number of para-hydroxylation sites is 2. The number of likely N-dealkylation sites (tertiary alicyclic amines) is 1. The monoisotopic (exact) mass is 374 g/mol. The summed E-state index contributed by atoms with van der Waals surface area (Å²) >= 11 is 0. The first-order valence-electron chi connectivity index (χ1n) is 10.7. The molecule has 2 fully saturated rings. The fourth-order valence-corrected chi connectivity index (χ4v) is 4.32. The second-order valence-corrected chi connectivity index (χ2v) is 7.76. The summed E-state index contributed by atoms with van der Waals surface area (Å²) in [5, 5.41) is 2.89. The topological polar surface area (TPSA) is 50.8 Å². The van der Waals surface area contributed by atoms with E-state index in [0.717, 1.165) is 25.8 Å². The zero-order valence-electron chi connectivity index (χ0n) is 16.6. The van der Waals surface area contributed by atoms with Crippen molar-refractivity contribution in [2.45, 2.75) is 64.4 Å². The Labute approximate surface area is 163 Å². The van der Waals surface area contributed by atoms with E-state index in [1.807, 2.05) is 31.2 Å². The van der Waals surface area contributed by atoms with Crippen LogP contribution in [-0.4, -0.2) is 43.3 Å². The highest BCUT2D eigenvalue weighted by Gasteiger charge is 2.29. The van der Waals surface area contributed by atoms with E-state index in [9.17, 15) is 4.79 Å². The number of rotatable bonds is 6. The average molecular weight is 375 g/mol. The fraction of sp³-hybridized carbons (Fsp3) is 0.682. The lowest BCUT2D eigenvalue weighted by molar-refractivity contribution is 0.0471. The van der Waals surface area contributed by atoms with E-state index in [2.05, 4.69) is 10.2 Å². The molecule has 2 atom stereocenters. The van der Waals surface area contributed by atoms with Gasteiger partial charge in [0.2, 0.25) is 0 Å². The van der Waals surface area contributed by atoms with E-state index in [4.69, 9.17) is 9.47 Å². The SMILES string of the molecule is CCOc1ccccc1NC(=O)OC1CCCCCC1CN1CCCCC1. The van der Waals surface area contributed by atoms with Crippen molar-refractivity contribution in [2.24, 2.45) is 5.92 Å². The molecule has 1 saturated carbocycles. The number of anilines is 1. The first-order valence-corrected chi connectivity index (χ1v) is 10.7. The Hall–Kier alpha value is -1.75. The van der Waals surface area contributed by atoms with Gasteiger partial charge in [-0.05, 0) is 64.3 Å². The Morgan fingerprint density at radius 1 is 1.07 bits per heavy atom. The summed E-state index contributed by atoms with van der Waals surface area (Å²) in [6.45, 7) is 5.95. The third kappa shape index (κ3) is 6.13. The van der Waals surface area contributed by atoms with Crippen molar-refractivity contribution < 1.29 is 14.3 Å². The lowest BCUT2D eigenvalue weighted by Crippen LogP contribution is -2.39. The van der Waals surface area contributed by atoms with E-state index in [1.54, 1.807) is 0 Å². The molecule has 1 amide bonds. The van der Waals surface area contributed by atoms with Crippen molar-refractivity contribution in [1.82, 2.24) is 4.90 Å². The van der Waals surface area contributed by atoms with Crippen LogP contribution in [-0.2, 0) is 4.74 Å². The second kappa shape index (κ2) is 10.5. The van der Waals surface area contributed by atoms with Crippen molar-refractivity contribution in [3.05, 3.63) is 24.3 Å². The number of piperidine rings is 1. The Bertz CT molecular complexity index is 587. The van der Waals surface area contributed by atoms with E-state index in [-0.39, 0.29) is 12.2 Å². The maximum atomic E-state index is 12.6. The molecule has 0 spiro atoms. The number of ether oxygens (including phenoxy) is 2. The molecule has 0 bridgehead atoms. The van der Waals surface area contributed by atoms with Crippen LogP contribution in [0.1, 0.15) is 58.3 Å². The molecule has 1 heterocycles. The van der Waals surface area contributed by atoms with E-state index >= 15 is 0 Å². The summed E-state index contributed by atoms with van der Waals surface area (Å²) in [6.07, 6.45) is 9.35. The normalized spacial score (nSPS) is 24.0. The minimum atomic E-state index is -0.363. The van der Waals surface area contributed by atoms with Gasteiger partial charge in [0, 0.05) is 12.5 Å². The van der Waals surface area contributed by atoms with E-state index in [0.29, 0.717) is 24.0 Å². The van der Waals surface area contributed by atoms with Gasteiger partial charge in [0.05, 0.1) is 12.3 Å². The number of hydrogen-bond donors (Lipinski definition) is 1. The smallest absolute Gasteiger partial charge is 0.412 e. The predicted molar refractivity (Wildman–Crippen MR) is 108 cm³/mol. The zero-order chi connectivity index (χ0) is 18.9. The quantitative estimate of drug-likeness (QED) is 0.707. The molecular weight excluding hydrogens is 340 g/mol. The first-order chi connectivity index (χ1) is 13.3. The maximum absolute atomic E-state index is 12.6. The summed E-state index contributed by atoms with van der Waals surface area (Å²) in [5.74, 6) is 1.13. The molecule has 1 aromatic rings. The van der Waals surface area contributed by atoms with Crippen LogP contribution in [0, 0.1) is 5.92 Å². The molecule has 5 nitrogen and oxygen atoms in total. The van der Waals surface area contributed by atoms with Crippen LogP contribution in [0.2, 0.25) is 0 Å². The summed E-state index contributed by atoms with van der Waals surface area (Å²) in [7, 11) is 0. The van der Waals surface area contributed by atoms with Gasteiger partial charge in [-0.3, -0.25) is 5.32 Å². The molecule has 1 N–H and O–H groups in total. The molecular formula is C22H34N2O3. The minimum absolute atomic E-state index is 0.00804. The Balaban J connectivity index is 1.59. The largest absolute Gasteiger partial charge is 0.492 e. The van der Waals surface area contributed by atoms with Crippen LogP contribution in [0.25, 0.3) is 0 Å². The Kier molecular flexibility index (Phi) is 7.81. The van der Waals surface area contributed by atoms with Crippen LogP contribution >= 0.6 is 0 Å². The molecule has 1 aromatic carbocycles. The van der Waals surface area contributed by atoms with Crippen LogP contribution < -0.4 is 10.1 Å². The second-order valence-electron chi connectivity index (χ2n) is 7.76. The van der Waals surface area contributed by atoms with Gasteiger partial charge in [0.1, 0.15) is 11.9 Å². The maximum Gasteiger partial charge on any atom is 0.412 e. The molecule has 1 aliphatic heterocycles. The van der Waals surface area contributed by atoms with Gasteiger partial charge in [0.25, 0.3) is 0 Å². The summed E-state index contributed by atoms with van der Waals surface area (Å²) in [5.41, 5.74) is 0.672. The van der Waals surface area contributed by atoms with Crippen LogP contribution in [0.15, 0.2) is 24.3 Å². The first kappa shape index (κ1) is 20.0. The van der Waals surface area contributed by atoms with Crippen molar-refractivity contribution in [2.75, 3.05) is 31.6 Å². The van der Waals surface area contributed by atoms with Crippen LogP contribution in [0.5, 0.6) is 5.75 Å². The third-order valence-corrected chi connectivity index (χ3v) is 5.71. The van der Waals surface area contributed by atoms with Crippen molar-refractivity contribution in [1.29, 1.82) is 0 Å².